The van der Waals surface area contributed by atoms with Gasteiger partial charge in [0.05, 0.1) is 10.9 Å². The van der Waals surface area contributed by atoms with Crippen LogP contribution < -0.4 is 0 Å². The van der Waals surface area contributed by atoms with Crippen LogP contribution >= 0.6 is 11.3 Å². The fraction of sp³-hybridized carbons (Fsp3) is 0.286. The van der Waals surface area contributed by atoms with Crippen LogP contribution in [-0.4, -0.2) is 19.3 Å². The van der Waals surface area contributed by atoms with E-state index in [1.165, 1.54) is 15.6 Å². The maximum atomic E-state index is 13.3. The van der Waals surface area contributed by atoms with Gasteiger partial charge in [0.2, 0.25) is 10.0 Å². The molecule has 1 aliphatic rings. The third kappa shape index (κ3) is 2.61. The summed E-state index contributed by atoms with van der Waals surface area (Å²) in [5.74, 6) is -2.20. The molecule has 1 aromatic carbocycles. The van der Waals surface area contributed by atoms with Crippen LogP contribution in [0.4, 0.5) is 8.78 Å². The zero-order chi connectivity index (χ0) is 15.0. The highest BCUT2D eigenvalue weighted by Gasteiger charge is 2.36. The third-order valence-electron chi connectivity index (χ3n) is 3.57. The third-order valence-corrected chi connectivity index (χ3v) is 6.45. The van der Waals surface area contributed by atoms with E-state index in [1.54, 1.807) is 0 Å². The van der Waals surface area contributed by atoms with Gasteiger partial charge < -0.3 is 0 Å². The molecular formula is C14H13F2NO2S2. The topological polar surface area (TPSA) is 37.4 Å². The molecule has 1 fully saturated rings. The summed E-state index contributed by atoms with van der Waals surface area (Å²) in [5, 5.41) is 1.90. The highest BCUT2D eigenvalue weighted by molar-refractivity contribution is 7.89. The van der Waals surface area contributed by atoms with Crippen LogP contribution in [0, 0.1) is 11.6 Å². The predicted octanol–water partition coefficient (Wildman–Crippen LogP) is 3.55. The van der Waals surface area contributed by atoms with Crippen molar-refractivity contribution in [3.05, 3.63) is 52.2 Å². The van der Waals surface area contributed by atoms with Crippen molar-refractivity contribution in [3.8, 4) is 0 Å². The van der Waals surface area contributed by atoms with Crippen molar-refractivity contribution >= 4 is 21.4 Å². The Balaban J connectivity index is 1.99. The van der Waals surface area contributed by atoms with Gasteiger partial charge in [-0.15, -0.1) is 11.3 Å². The molecule has 2 aromatic rings. The summed E-state index contributed by atoms with van der Waals surface area (Å²) in [4.78, 5) is 0.767. The van der Waals surface area contributed by atoms with E-state index < -0.39 is 21.7 Å². The fourth-order valence-electron chi connectivity index (χ4n) is 2.57. The Bertz CT molecular complexity index is 744. The van der Waals surface area contributed by atoms with Gasteiger partial charge in [0, 0.05) is 11.4 Å². The lowest BCUT2D eigenvalue weighted by Crippen LogP contribution is -2.30. The van der Waals surface area contributed by atoms with Crippen molar-refractivity contribution < 1.29 is 17.2 Å². The molecular weight excluding hydrogens is 316 g/mol. The average Bonchev–Trinajstić information content (AvgIpc) is 3.11. The van der Waals surface area contributed by atoms with Crippen LogP contribution in [0.25, 0.3) is 0 Å². The minimum absolute atomic E-state index is 0.204. The molecule has 2 heterocycles. The van der Waals surface area contributed by atoms with Crippen molar-refractivity contribution in [1.29, 1.82) is 0 Å². The molecule has 0 aliphatic carbocycles. The smallest absolute Gasteiger partial charge is 0.207 e. The van der Waals surface area contributed by atoms with Gasteiger partial charge in [0.25, 0.3) is 0 Å². The minimum Gasteiger partial charge on any atom is -0.207 e. The molecule has 0 amide bonds. The molecule has 1 aliphatic heterocycles. The largest absolute Gasteiger partial charge is 0.243 e. The number of thiophene rings is 1. The van der Waals surface area contributed by atoms with Crippen molar-refractivity contribution in [2.24, 2.45) is 0 Å². The Kier molecular flexibility index (Phi) is 3.81. The number of rotatable bonds is 3. The maximum absolute atomic E-state index is 13.3. The van der Waals surface area contributed by atoms with E-state index in [9.17, 15) is 17.2 Å². The van der Waals surface area contributed by atoms with Gasteiger partial charge in [0.15, 0.2) is 11.6 Å². The lowest BCUT2D eigenvalue weighted by molar-refractivity contribution is 0.400. The zero-order valence-electron chi connectivity index (χ0n) is 11.0. The summed E-state index contributed by atoms with van der Waals surface area (Å²) in [5.41, 5.74) is 0. The van der Waals surface area contributed by atoms with Crippen LogP contribution in [0.1, 0.15) is 23.8 Å². The fourth-order valence-corrected chi connectivity index (χ4v) is 5.19. The minimum atomic E-state index is -3.82. The highest BCUT2D eigenvalue weighted by atomic mass is 32.2. The molecule has 1 atom stereocenters. The average molecular weight is 329 g/mol. The summed E-state index contributed by atoms with van der Waals surface area (Å²) < 4.78 is 53.0. The molecule has 0 saturated carbocycles. The van der Waals surface area contributed by atoms with E-state index in [0.29, 0.717) is 6.54 Å². The molecule has 0 radical (unpaired) electrons. The number of benzene rings is 1. The Labute approximate surface area is 125 Å². The lowest BCUT2D eigenvalue weighted by Gasteiger charge is -2.23. The SMILES string of the molecule is O=S(=O)(c1ccc(F)c(F)c1)N1CCC[C@@H]1c1cccs1. The molecule has 0 bridgehead atoms. The van der Waals surface area contributed by atoms with E-state index >= 15 is 0 Å². The quantitative estimate of drug-likeness (QED) is 0.863. The van der Waals surface area contributed by atoms with Crippen molar-refractivity contribution in [2.45, 2.75) is 23.8 Å². The van der Waals surface area contributed by atoms with Gasteiger partial charge in [-0.25, -0.2) is 17.2 Å². The molecule has 21 heavy (non-hydrogen) atoms. The molecule has 3 rings (SSSR count). The van der Waals surface area contributed by atoms with Crippen molar-refractivity contribution in [2.75, 3.05) is 6.54 Å². The van der Waals surface area contributed by atoms with Crippen LogP contribution in [-0.2, 0) is 10.0 Å². The number of sulfonamides is 1. The number of hydrogen-bond donors (Lipinski definition) is 0. The van der Waals surface area contributed by atoms with E-state index in [-0.39, 0.29) is 10.9 Å². The Hall–Kier alpha value is -1.31. The second-order valence-electron chi connectivity index (χ2n) is 4.87. The molecule has 3 nitrogen and oxygen atoms in total. The van der Waals surface area contributed by atoms with E-state index in [1.807, 2.05) is 17.5 Å². The van der Waals surface area contributed by atoms with Crippen LogP contribution in [0.2, 0.25) is 0 Å². The molecule has 1 aromatic heterocycles. The Morgan fingerprint density at radius 1 is 1.19 bits per heavy atom. The van der Waals surface area contributed by atoms with Gasteiger partial charge >= 0.3 is 0 Å². The zero-order valence-corrected chi connectivity index (χ0v) is 12.6. The molecule has 0 unspecified atom stereocenters. The van der Waals surface area contributed by atoms with Crippen LogP contribution in [0.5, 0.6) is 0 Å². The van der Waals surface area contributed by atoms with Crippen molar-refractivity contribution in [3.63, 3.8) is 0 Å². The molecule has 0 N–H and O–H groups in total. The molecule has 112 valence electrons. The number of nitrogens with zero attached hydrogens (tertiary/aromatic N) is 1. The van der Waals surface area contributed by atoms with Gasteiger partial charge in [-0.05, 0) is 42.5 Å². The summed E-state index contributed by atoms with van der Waals surface area (Å²) in [6, 6.07) is 6.25. The summed E-state index contributed by atoms with van der Waals surface area (Å²) in [7, 11) is -3.82. The molecule has 7 heteroatoms. The van der Waals surface area contributed by atoms with Gasteiger partial charge in [-0.2, -0.15) is 4.31 Å². The highest BCUT2D eigenvalue weighted by Crippen LogP contribution is 2.38. The van der Waals surface area contributed by atoms with Crippen molar-refractivity contribution in [1.82, 2.24) is 4.31 Å². The Morgan fingerprint density at radius 3 is 2.67 bits per heavy atom. The van der Waals surface area contributed by atoms with Gasteiger partial charge in [0.1, 0.15) is 0 Å². The van der Waals surface area contributed by atoms with Gasteiger partial charge in [-0.1, -0.05) is 6.07 Å². The first-order chi connectivity index (χ1) is 10.00. The summed E-state index contributed by atoms with van der Waals surface area (Å²) in [6.07, 6.45) is 1.49. The molecule has 0 spiro atoms. The van der Waals surface area contributed by atoms with E-state index in [4.69, 9.17) is 0 Å². The maximum Gasteiger partial charge on any atom is 0.243 e. The monoisotopic (exact) mass is 329 g/mol. The summed E-state index contributed by atoms with van der Waals surface area (Å²) in [6.45, 7) is 0.393. The second kappa shape index (κ2) is 5.47. The number of hydrogen-bond acceptors (Lipinski definition) is 3. The van der Waals surface area contributed by atoms with E-state index in [0.717, 1.165) is 35.9 Å². The summed E-state index contributed by atoms with van der Waals surface area (Å²) >= 11 is 1.50. The van der Waals surface area contributed by atoms with E-state index in [2.05, 4.69) is 0 Å². The van der Waals surface area contributed by atoms with Crippen LogP contribution in [0.15, 0.2) is 40.6 Å². The van der Waals surface area contributed by atoms with Gasteiger partial charge in [-0.3, -0.25) is 0 Å². The Morgan fingerprint density at radius 2 is 2.00 bits per heavy atom. The first-order valence-electron chi connectivity index (χ1n) is 6.50. The predicted molar refractivity (Wildman–Crippen MR) is 76.5 cm³/mol. The normalized spacial score (nSPS) is 20.0. The number of halogens is 2. The standard InChI is InChI=1S/C14H13F2NO2S2/c15-11-6-5-10(9-12(11)16)21(18,19)17-7-1-3-13(17)14-4-2-8-20-14/h2,4-6,8-9,13H,1,3,7H2/t13-/m1/s1. The molecule has 1 saturated heterocycles. The lowest BCUT2D eigenvalue weighted by atomic mass is 10.2. The van der Waals surface area contributed by atoms with Crippen LogP contribution in [0.3, 0.4) is 0 Å². The first-order valence-corrected chi connectivity index (χ1v) is 8.82. The second-order valence-corrected chi connectivity index (χ2v) is 7.73. The first kappa shape index (κ1) is 14.6.